The summed E-state index contributed by atoms with van der Waals surface area (Å²) in [7, 11) is 0. The van der Waals surface area contributed by atoms with Crippen molar-refractivity contribution in [2.24, 2.45) is 11.8 Å². The van der Waals surface area contributed by atoms with Gasteiger partial charge in [-0.15, -0.1) is 0 Å². The van der Waals surface area contributed by atoms with E-state index in [1.54, 1.807) is 25.1 Å². The number of aromatic amines is 1. The van der Waals surface area contributed by atoms with Crippen LogP contribution in [0.3, 0.4) is 0 Å². The van der Waals surface area contributed by atoms with E-state index in [4.69, 9.17) is 32.7 Å². The number of hydrogen-bond acceptors (Lipinski definition) is 9. The number of aliphatic hydroxyl groups excluding tert-OH is 1. The van der Waals surface area contributed by atoms with Gasteiger partial charge in [-0.2, -0.15) is 0 Å². The van der Waals surface area contributed by atoms with Crippen LogP contribution in [-0.2, 0) is 14.3 Å². The molecule has 3 amide bonds. The van der Waals surface area contributed by atoms with E-state index in [2.05, 4.69) is 27.1 Å². The number of likely N-dealkylation sites (tertiary alicyclic amines) is 1. The zero-order valence-electron chi connectivity index (χ0n) is 27.4. The highest BCUT2D eigenvalue weighted by Crippen LogP contribution is 2.46. The second-order valence-electron chi connectivity index (χ2n) is 12.5. The first-order valence-electron chi connectivity index (χ1n) is 16.2. The van der Waals surface area contributed by atoms with Gasteiger partial charge >= 0.3 is 18.2 Å². The number of ether oxygens (including phenoxy) is 2. The maximum absolute atomic E-state index is 13.5. The fourth-order valence-electron chi connectivity index (χ4n) is 6.83. The van der Waals surface area contributed by atoms with Crippen LogP contribution < -0.4 is 15.6 Å². The van der Waals surface area contributed by atoms with E-state index in [9.17, 15) is 34.2 Å². The normalized spacial score (nSPS) is 21.7. The van der Waals surface area contributed by atoms with Crippen LogP contribution >= 0.6 is 23.2 Å². The molecule has 2 saturated heterocycles. The number of carboxylic acids is 1. The molecule has 3 aliphatic rings. The molecular weight excluding hydrogens is 705 g/mol. The van der Waals surface area contributed by atoms with Crippen LogP contribution in [0.4, 0.5) is 9.59 Å². The summed E-state index contributed by atoms with van der Waals surface area (Å²) in [6.45, 7) is 3.29. The number of benzene rings is 2. The Hall–Kier alpha value is -5.10. The summed E-state index contributed by atoms with van der Waals surface area (Å²) in [5.74, 6) is 2.73. The number of hydrogen-bond donors (Lipinski definition) is 4. The molecule has 4 heterocycles. The van der Waals surface area contributed by atoms with Gasteiger partial charge in [0.2, 0.25) is 5.91 Å². The van der Waals surface area contributed by atoms with Gasteiger partial charge in [-0.25, -0.2) is 19.4 Å². The fourth-order valence-corrected chi connectivity index (χ4v) is 7.17. The van der Waals surface area contributed by atoms with Crippen LogP contribution in [0.25, 0.3) is 22.3 Å². The minimum atomic E-state index is -1.31. The van der Waals surface area contributed by atoms with E-state index in [1.165, 1.54) is 30.0 Å². The van der Waals surface area contributed by atoms with Crippen LogP contribution in [0.15, 0.2) is 52.5 Å². The van der Waals surface area contributed by atoms with Crippen molar-refractivity contribution in [3.63, 3.8) is 0 Å². The van der Waals surface area contributed by atoms with E-state index < -0.39 is 59.6 Å². The lowest BCUT2D eigenvalue weighted by atomic mass is 9.78. The van der Waals surface area contributed by atoms with Gasteiger partial charge in [0.15, 0.2) is 6.61 Å². The summed E-state index contributed by atoms with van der Waals surface area (Å²) in [4.78, 5) is 73.2. The maximum Gasteiger partial charge on any atom is 0.415 e. The first-order chi connectivity index (χ1) is 24.3. The Morgan fingerprint density at radius 2 is 1.88 bits per heavy atom. The number of fused-ring (bicyclic) bond motifs is 2. The Balaban J connectivity index is 1.08. The van der Waals surface area contributed by atoms with Crippen molar-refractivity contribution in [2.45, 2.75) is 51.3 Å². The van der Waals surface area contributed by atoms with Crippen molar-refractivity contribution in [1.29, 1.82) is 0 Å². The first-order valence-corrected chi connectivity index (χ1v) is 17.0. The van der Waals surface area contributed by atoms with Crippen LogP contribution in [0.1, 0.15) is 33.1 Å². The molecule has 0 bridgehead atoms. The minimum absolute atomic E-state index is 0.0573. The summed E-state index contributed by atoms with van der Waals surface area (Å²) < 4.78 is 11.0. The van der Waals surface area contributed by atoms with Crippen LogP contribution in [-0.4, -0.2) is 91.9 Å². The molecule has 5 atom stereocenters. The number of piperidine rings is 1. The van der Waals surface area contributed by atoms with Crippen LogP contribution in [0.2, 0.25) is 10.0 Å². The first kappa shape index (κ1) is 35.7. The summed E-state index contributed by atoms with van der Waals surface area (Å²) in [6.07, 6.45) is -0.295. The van der Waals surface area contributed by atoms with Gasteiger partial charge < -0.3 is 39.8 Å². The molecule has 3 aromatic rings. The highest BCUT2D eigenvalue weighted by molar-refractivity contribution is 6.31. The number of H-pyrrole nitrogens is 1. The van der Waals surface area contributed by atoms with Gasteiger partial charge in [-0.1, -0.05) is 42.0 Å². The smallest absolute Gasteiger partial charge is 0.415 e. The number of aliphatic carboxylic acids is 1. The van der Waals surface area contributed by atoms with Crippen molar-refractivity contribution in [3.05, 3.63) is 68.1 Å². The quantitative estimate of drug-likeness (QED) is 0.202. The number of carbonyl (C=O) groups excluding carboxylic acids is 3. The second-order valence-corrected chi connectivity index (χ2v) is 13.4. The zero-order valence-corrected chi connectivity index (χ0v) is 29.0. The molecule has 0 radical (unpaired) electrons. The lowest BCUT2D eigenvalue weighted by Gasteiger charge is -2.46. The number of halogens is 2. The molecule has 6 rings (SSSR count). The van der Waals surface area contributed by atoms with Crippen molar-refractivity contribution in [1.82, 2.24) is 25.1 Å². The Morgan fingerprint density at radius 1 is 1.14 bits per heavy atom. The number of amides is 3. The third-order valence-electron chi connectivity index (χ3n) is 9.28. The molecule has 0 aliphatic carbocycles. The largest absolute Gasteiger partial charge is 0.477 e. The number of nitrogens with zero attached hydrogens (tertiary/aromatic N) is 3. The number of β-lactam (4-membered cyclic amide) rings is 1. The van der Waals surface area contributed by atoms with E-state index >= 15 is 0 Å². The molecule has 266 valence electrons. The number of nitrogens with one attached hydrogen (secondary N) is 2. The topological polar surface area (TPSA) is 191 Å². The zero-order chi connectivity index (χ0) is 36.6. The summed E-state index contributed by atoms with van der Waals surface area (Å²) in [5.41, 5.74) is 0.239. The van der Waals surface area contributed by atoms with E-state index in [0.717, 1.165) is 17.7 Å². The van der Waals surface area contributed by atoms with Crippen molar-refractivity contribution in [3.8, 4) is 29.0 Å². The monoisotopic (exact) mass is 737 g/mol. The van der Waals surface area contributed by atoms with Crippen molar-refractivity contribution < 1.29 is 38.9 Å². The molecule has 14 nitrogen and oxygen atoms in total. The number of carbonyl (C=O) groups is 4. The molecule has 3 aliphatic heterocycles. The van der Waals surface area contributed by atoms with Gasteiger partial charge in [0.05, 0.1) is 40.6 Å². The highest BCUT2D eigenvalue weighted by atomic mass is 35.5. The molecule has 5 unspecified atom stereocenters. The molecule has 2 aromatic carbocycles. The molecule has 16 heteroatoms. The fraction of sp³-hybridized carbons (Fsp3) is 0.371. The van der Waals surface area contributed by atoms with Gasteiger partial charge in [0, 0.05) is 34.6 Å². The van der Waals surface area contributed by atoms with Gasteiger partial charge in [0.25, 0.3) is 5.56 Å². The molecule has 2 fully saturated rings. The van der Waals surface area contributed by atoms with E-state index in [-0.39, 0.29) is 36.0 Å². The predicted octanol–water partition coefficient (Wildman–Crippen LogP) is 4.18. The molecule has 4 N–H and O–H groups in total. The maximum atomic E-state index is 13.5. The number of carboxylic acid groups (broad SMARTS) is 1. The van der Waals surface area contributed by atoms with Crippen LogP contribution in [0.5, 0.6) is 5.75 Å². The summed E-state index contributed by atoms with van der Waals surface area (Å²) in [6, 6.07) is 8.37. The average molecular weight is 739 g/mol. The number of alkyl carbamates (subject to hydrolysis) is 1. The minimum Gasteiger partial charge on any atom is -0.477 e. The molecule has 1 aromatic heterocycles. The molecule has 0 saturated carbocycles. The van der Waals surface area contributed by atoms with E-state index in [0.29, 0.717) is 39.5 Å². The molecular formula is C35H33Cl2N5O9. The standard InChI is InChI=1S/C35H33Cl2N5O9/c1-17-22(29(33(46)47)42-28(17)27(18(2)43)32(42)45)7-5-13-50-34(48)38-16-21-6-3-4-12-41(21)35(49)51-26-11-9-20(37)15-24(26)30-39-25-10-8-19(36)14-23(25)31(44)40-30/h8-11,14-15,17-18,21,27-28,43H,3-4,6,12-13,16H2,1-2H3,(H,38,48)(H,46,47)(H,39,40,44). The molecule has 0 spiro atoms. The molecule has 51 heavy (non-hydrogen) atoms. The highest BCUT2D eigenvalue weighted by Gasteiger charge is 2.59. The number of rotatable bonds is 7. The third-order valence-corrected chi connectivity index (χ3v) is 9.75. The Bertz CT molecular complexity index is 2090. The van der Waals surface area contributed by atoms with Crippen LogP contribution in [0, 0.1) is 23.7 Å². The third kappa shape index (κ3) is 7.10. The van der Waals surface area contributed by atoms with Gasteiger partial charge in [-0.05, 0) is 62.6 Å². The SMILES string of the molecule is CC(O)C1C(=O)N2C(C(=O)O)=C(C#CCOC(=O)NCC3CCCCN3C(=O)Oc3ccc(Cl)cc3-c3nc4ccc(Cl)cc4c(=O)[nH]3)C(C)C12. The summed E-state index contributed by atoms with van der Waals surface area (Å²) in [5, 5.41) is 23.4. The second kappa shape index (κ2) is 14.6. The Labute approximate surface area is 301 Å². The number of aromatic nitrogens is 2. The summed E-state index contributed by atoms with van der Waals surface area (Å²) >= 11 is 12.3. The van der Waals surface area contributed by atoms with Crippen molar-refractivity contribution >= 4 is 58.2 Å². The van der Waals surface area contributed by atoms with Gasteiger partial charge in [-0.3, -0.25) is 9.59 Å². The Kier molecular flexibility index (Phi) is 10.2. The lowest BCUT2D eigenvalue weighted by Crippen LogP contribution is -2.63. The predicted molar refractivity (Wildman–Crippen MR) is 185 cm³/mol. The lowest BCUT2D eigenvalue weighted by molar-refractivity contribution is -0.163. The Morgan fingerprint density at radius 3 is 2.63 bits per heavy atom. The van der Waals surface area contributed by atoms with Crippen molar-refractivity contribution in [2.75, 3.05) is 19.7 Å². The van der Waals surface area contributed by atoms with E-state index in [1.807, 2.05) is 0 Å². The van der Waals surface area contributed by atoms with Gasteiger partial charge in [0.1, 0.15) is 17.3 Å². The average Bonchev–Trinajstić information content (AvgIpc) is 3.34. The number of aliphatic hydroxyl groups is 1.